The third-order valence-corrected chi connectivity index (χ3v) is 3.58. The number of hydrogen-bond donors (Lipinski definition) is 1. The fourth-order valence-electron chi connectivity index (χ4n) is 2.42. The molecule has 16 heavy (non-hydrogen) atoms. The zero-order valence-electron chi connectivity index (χ0n) is 9.10. The van der Waals surface area contributed by atoms with Crippen molar-refractivity contribution in [2.45, 2.75) is 24.3 Å². The zero-order valence-corrected chi connectivity index (χ0v) is 9.10. The van der Waals surface area contributed by atoms with Crippen LogP contribution in [-0.4, -0.2) is 0 Å². The fraction of sp³-hybridized carbons (Fsp3) is 0.286. The summed E-state index contributed by atoms with van der Waals surface area (Å²) in [5, 5.41) is 0. The van der Waals surface area contributed by atoms with Crippen LogP contribution in [0.1, 0.15) is 30.2 Å². The average molecular weight is 213 g/mol. The highest BCUT2D eigenvalue weighted by Crippen LogP contribution is 2.55. The molecule has 2 nitrogen and oxygen atoms in total. The molecule has 0 spiro atoms. The van der Waals surface area contributed by atoms with Crippen molar-refractivity contribution in [3.8, 4) is 0 Å². The Kier molecular flexibility index (Phi) is 2.11. The second kappa shape index (κ2) is 3.49. The SMILES string of the molecule is NC(c1ccco1)C1(c2ccccc2)CC1. The Labute approximate surface area is 95.1 Å². The molecule has 2 aromatic rings. The van der Waals surface area contributed by atoms with Crippen LogP contribution in [0.25, 0.3) is 0 Å². The van der Waals surface area contributed by atoms with Crippen LogP contribution in [0.5, 0.6) is 0 Å². The lowest BCUT2D eigenvalue weighted by Gasteiger charge is -2.21. The van der Waals surface area contributed by atoms with E-state index in [1.165, 1.54) is 5.56 Å². The van der Waals surface area contributed by atoms with Gasteiger partial charge in [-0.25, -0.2) is 0 Å². The number of hydrogen-bond acceptors (Lipinski definition) is 2. The van der Waals surface area contributed by atoms with Crippen molar-refractivity contribution in [3.63, 3.8) is 0 Å². The summed E-state index contributed by atoms with van der Waals surface area (Å²) < 4.78 is 5.42. The van der Waals surface area contributed by atoms with Gasteiger partial charge in [0.1, 0.15) is 5.76 Å². The Morgan fingerprint density at radius 3 is 2.38 bits per heavy atom. The largest absolute Gasteiger partial charge is 0.468 e. The lowest BCUT2D eigenvalue weighted by molar-refractivity contribution is 0.413. The molecule has 1 heterocycles. The summed E-state index contributed by atoms with van der Waals surface area (Å²) in [7, 11) is 0. The van der Waals surface area contributed by atoms with E-state index in [4.69, 9.17) is 10.2 Å². The normalized spacial score (nSPS) is 19.3. The first kappa shape index (κ1) is 9.67. The van der Waals surface area contributed by atoms with Gasteiger partial charge in [-0.2, -0.15) is 0 Å². The van der Waals surface area contributed by atoms with Gasteiger partial charge in [-0.05, 0) is 30.5 Å². The molecular formula is C14H15NO. The highest BCUT2D eigenvalue weighted by atomic mass is 16.3. The van der Waals surface area contributed by atoms with E-state index in [1.54, 1.807) is 6.26 Å². The predicted molar refractivity (Wildman–Crippen MR) is 63.0 cm³/mol. The van der Waals surface area contributed by atoms with Crippen molar-refractivity contribution in [1.82, 2.24) is 0 Å². The number of rotatable bonds is 3. The van der Waals surface area contributed by atoms with Crippen molar-refractivity contribution in [2.75, 3.05) is 0 Å². The zero-order chi connectivity index (χ0) is 11.0. The van der Waals surface area contributed by atoms with Gasteiger partial charge in [0.2, 0.25) is 0 Å². The van der Waals surface area contributed by atoms with E-state index in [0.717, 1.165) is 18.6 Å². The van der Waals surface area contributed by atoms with Gasteiger partial charge >= 0.3 is 0 Å². The van der Waals surface area contributed by atoms with Crippen molar-refractivity contribution in [3.05, 3.63) is 60.1 Å². The molecule has 0 aliphatic heterocycles. The highest BCUT2D eigenvalue weighted by molar-refractivity contribution is 5.35. The molecule has 2 heteroatoms. The molecule has 0 saturated heterocycles. The van der Waals surface area contributed by atoms with Gasteiger partial charge in [-0.15, -0.1) is 0 Å². The minimum Gasteiger partial charge on any atom is -0.468 e. The third-order valence-electron chi connectivity index (χ3n) is 3.58. The van der Waals surface area contributed by atoms with Crippen LogP contribution in [0, 0.1) is 0 Å². The maximum atomic E-state index is 6.32. The molecule has 1 aromatic carbocycles. The molecule has 0 amide bonds. The quantitative estimate of drug-likeness (QED) is 0.851. The van der Waals surface area contributed by atoms with Crippen molar-refractivity contribution in [1.29, 1.82) is 0 Å². The second-order valence-corrected chi connectivity index (χ2v) is 4.52. The van der Waals surface area contributed by atoms with Crippen LogP contribution in [0.2, 0.25) is 0 Å². The van der Waals surface area contributed by atoms with Crippen molar-refractivity contribution in [2.24, 2.45) is 5.73 Å². The molecule has 2 N–H and O–H groups in total. The van der Waals surface area contributed by atoms with Crippen LogP contribution in [0.15, 0.2) is 53.1 Å². The Hall–Kier alpha value is -1.54. The minimum atomic E-state index is -0.0232. The van der Waals surface area contributed by atoms with Gasteiger partial charge in [0, 0.05) is 5.41 Å². The van der Waals surface area contributed by atoms with Crippen LogP contribution < -0.4 is 5.73 Å². The van der Waals surface area contributed by atoms with E-state index in [9.17, 15) is 0 Å². The van der Waals surface area contributed by atoms with E-state index in [-0.39, 0.29) is 11.5 Å². The molecule has 1 saturated carbocycles. The third kappa shape index (κ3) is 1.38. The molecule has 1 aliphatic rings. The van der Waals surface area contributed by atoms with Gasteiger partial charge in [0.15, 0.2) is 0 Å². The number of benzene rings is 1. The van der Waals surface area contributed by atoms with E-state index < -0.39 is 0 Å². The summed E-state index contributed by atoms with van der Waals surface area (Å²) in [6.07, 6.45) is 3.99. The smallest absolute Gasteiger partial charge is 0.121 e. The van der Waals surface area contributed by atoms with Gasteiger partial charge in [-0.1, -0.05) is 30.3 Å². The highest BCUT2D eigenvalue weighted by Gasteiger charge is 2.50. The van der Waals surface area contributed by atoms with Crippen LogP contribution in [0.4, 0.5) is 0 Å². The molecule has 1 atom stereocenters. The first-order chi connectivity index (χ1) is 7.83. The standard InChI is InChI=1S/C14H15NO/c15-13(12-7-4-10-16-12)14(8-9-14)11-5-2-1-3-6-11/h1-7,10,13H,8-9,15H2. The second-order valence-electron chi connectivity index (χ2n) is 4.52. The summed E-state index contributed by atoms with van der Waals surface area (Å²) in [4.78, 5) is 0. The number of furan rings is 1. The topological polar surface area (TPSA) is 39.2 Å². The average Bonchev–Trinajstić information content (AvgIpc) is 2.97. The van der Waals surface area contributed by atoms with Crippen molar-refractivity contribution < 1.29 is 4.42 Å². The first-order valence-corrected chi connectivity index (χ1v) is 5.67. The van der Waals surface area contributed by atoms with E-state index in [1.807, 2.05) is 18.2 Å². The molecular weight excluding hydrogens is 198 g/mol. The molecule has 1 aromatic heterocycles. The van der Waals surface area contributed by atoms with Gasteiger partial charge in [0.25, 0.3) is 0 Å². The Balaban J connectivity index is 1.95. The van der Waals surface area contributed by atoms with Gasteiger partial charge in [0.05, 0.1) is 12.3 Å². The monoisotopic (exact) mass is 213 g/mol. The van der Waals surface area contributed by atoms with Crippen molar-refractivity contribution >= 4 is 0 Å². The van der Waals surface area contributed by atoms with Gasteiger partial charge in [-0.3, -0.25) is 0 Å². The fourth-order valence-corrected chi connectivity index (χ4v) is 2.42. The molecule has 3 rings (SSSR count). The maximum Gasteiger partial charge on any atom is 0.121 e. The summed E-state index contributed by atoms with van der Waals surface area (Å²) in [6.45, 7) is 0. The Morgan fingerprint density at radius 1 is 1.06 bits per heavy atom. The predicted octanol–water partition coefficient (Wildman–Crippen LogP) is 3.01. The molecule has 1 fully saturated rings. The van der Waals surface area contributed by atoms with Gasteiger partial charge < -0.3 is 10.2 Å². The molecule has 0 bridgehead atoms. The lowest BCUT2D eigenvalue weighted by Crippen LogP contribution is -2.25. The van der Waals surface area contributed by atoms with E-state index >= 15 is 0 Å². The molecule has 1 aliphatic carbocycles. The molecule has 1 unspecified atom stereocenters. The molecule has 82 valence electrons. The Bertz CT molecular complexity index is 457. The summed E-state index contributed by atoms with van der Waals surface area (Å²) in [5.74, 6) is 0.890. The minimum absolute atomic E-state index is 0.0232. The summed E-state index contributed by atoms with van der Waals surface area (Å²) in [6, 6.07) is 14.4. The molecule has 0 radical (unpaired) electrons. The van der Waals surface area contributed by atoms with Crippen LogP contribution in [0.3, 0.4) is 0 Å². The Morgan fingerprint density at radius 2 is 1.81 bits per heavy atom. The lowest BCUT2D eigenvalue weighted by atomic mass is 9.87. The summed E-state index contributed by atoms with van der Waals surface area (Å²) in [5.41, 5.74) is 7.76. The maximum absolute atomic E-state index is 6.32. The van der Waals surface area contributed by atoms with Crippen LogP contribution in [-0.2, 0) is 5.41 Å². The van der Waals surface area contributed by atoms with E-state index in [0.29, 0.717) is 0 Å². The van der Waals surface area contributed by atoms with E-state index in [2.05, 4.69) is 24.3 Å². The first-order valence-electron chi connectivity index (χ1n) is 5.67. The summed E-state index contributed by atoms with van der Waals surface area (Å²) >= 11 is 0. The van der Waals surface area contributed by atoms with Crippen LogP contribution >= 0.6 is 0 Å². The number of nitrogens with two attached hydrogens (primary N) is 1.